The normalized spacial score (nSPS) is 10.3. The Kier molecular flexibility index (Phi) is 3.44. The highest BCUT2D eigenvalue weighted by Gasteiger charge is 2.04. The monoisotopic (exact) mass is 234 g/mol. The van der Waals surface area contributed by atoms with Crippen LogP contribution in [0.2, 0.25) is 0 Å². The van der Waals surface area contributed by atoms with Gasteiger partial charge >= 0.3 is 0 Å². The van der Waals surface area contributed by atoms with E-state index in [-0.39, 0.29) is 6.61 Å². The van der Waals surface area contributed by atoms with Crippen molar-refractivity contribution in [2.45, 2.75) is 0 Å². The third-order valence-electron chi connectivity index (χ3n) is 2.33. The molecule has 1 aromatic carbocycles. The molecule has 16 heavy (non-hydrogen) atoms. The van der Waals surface area contributed by atoms with Gasteiger partial charge in [-0.25, -0.2) is 0 Å². The number of aliphatic hydroxyl groups is 1. The molecule has 2 rings (SSSR count). The summed E-state index contributed by atoms with van der Waals surface area (Å²) in [5.41, 5.74) is 9.85. The number of hydrogen-bond acceptors (Lipinski definition) is 4. The topological polar surface area (TPSA) is 58.3 Å². The highest BCUT2D eigenvalue weighted by atomic mass is 32.1. The number of anilines is 2. The van der Waals surface area contributed by atoms with Crippen LogP contribution in [0.5, 0.6) is 0 Å². The molecule has 84 valence electrons. The molecule has 4 N–H and O–H groups in total. The lowest BCUT2D eigenvalue weighted by atomic mass is 10.1. The van der Waals surface area contributed by atoms with Gasteiger partial charge in [-0.2, -0.15) is 11.3 Å². The minimum atomic E-state index is 0.123. The van der Waals surface area contributed by atoms with E-state index in [9.17, 15) is 0 Å². The van der Waals surface area contributed by atoms with Crippen LogP contribution in [0.3, 0.4) is 0 Å². The van der Waals surface area contributed by atoms with Crippen LogP contribution in [-0.4, -0.2) is 18.3 Å². The van der Waals surface area contributed by atoms with Crippen LogP contribution in [0, 0.1) is 0 Å². The number of nitrogen functional groups attached to an aromatic ring is 1. The lowest BCUT2D eigenvalue weighted by Crippen LogP contribution is -2.05. The Morgan fingerprint density at radius 3 is 2.88 bits per heavy atom. The predicted octanol–water partition coefficient (Wildman–Crippen LogP) is 2.40. The van der Waals surface area contributed by atoms with E-state index in [1.807, 2.05) is 29.6 Å². The van der Waals surface area contributed by atoms with Crippen LogP contribution >= 0.6 is 11.3 Å². The first-order valence-corrected chi connectivity index (χ1v) is 6.02. The molecular formula is C12H14N2OS. The van der Waals surface area contributed by atoms with Gasteiger partial charge in [-0.15, -0.1) is 0 Å². The van der Waals surface area contributed by atoms with Crippen LogP contribution in [-0.2, 0) is 0 Å². The zero-order chi connectivity index (χ0) is 11.4. The van der Waals surface area contributed by atoms with E-state index >= 15 is 0 Å². The second-order valence-electron chi connectivity index (χ2n) is 3.46. The first-order valence-electron chi connectivity index (χ1n) is 5.08. The quantitative estimate of drug-likeness (QED) is 0.712. The van der Waals surface area contributed by atoms with E-state index in [1.54, 1.807) is 11.3 Å². The van der Waals surface area contributed by atoms with Gasteiger partial charge in [-0.3, -0.25) is 0 Å². The molecule has 0 saturated carbocycles. The number of aliphatic hydroxyl groups excluding tert-OH is 1. The minimum Gasteiger partial charge on any atom is -0.398 e. The summed E-state index contributed by atoms with van der Waals surface area (Å²) in [6.07, 6.45) is 0. The number of nitrogens with one attached hydrogen (secondary N) is 1. The van der Waals surface area contributed by atoms with E-state index < -0.39 is 0 Å². The van der Waals surface area contributed by atoms with Crippen molar-refractivity contribution >= 4 is 22.7 Å². The Morgan fingerprint density at radius 2 is 2.19 bits per heavy atom. The summed E-state index contributed by atoms with van der Waals surface area (Å²) < 4.78 is 0. The Balaban J connectivity index is 2.30. The predicted molar refractivity (Wildman–Crippen MR) is 69.7 cm³/mol. The van der Waals surface area contributed by atoms with Gasteiger partial charge in [0.05, 0.1) is 6.61 Å². The number of rotatable bonds is 4. The lowest BCUT2D eigenvalue weighted by molar-refractivity contribution is 0.311. The standard InChI is InChI=1S/C12H14N2OS/c13-12-2-1-10(14-4-5-15)7-11(12)9-3-6-16-8-9/h1-3,6-8,14-15H,4-5,13H2. The fourth-order valence-corrected chi connectivity index (χ4v) is 2.19. The van der Waals surface area contributed by atoms with Crippen LogP contribution in [0.4, 0.5) is 11.4 Å². The maximum absolute atomic E-state index is 8.75. The summed E-state index contributed by atoms with van der Waals surface area (Å²) in [7, 11) is 0. The molecular weight excluding hydrogens is 220 g/mol. The van der Waals surface area contributed by atoms with Gasteiger partial charge in [-0.1, -0.05) is 0 Å². The second kappa shape index (κ2) is 5.01. The zero-order valence-corrected chi connectivity index (χ0v) is 9.63. The maximum Gasteiger partial charge on any atom is 0.0604 e. The largest absolute Gasteiger partial charge is 0.398 e. The van der Waals surface area contributed by atoms with Gasteiger partial charge in [0.15, 0.2) is 0 Å². The Labute approximate surface area is 98.5 Å². The fourth-order valence-electron chi connectivity index (χ4n) is 1.53. The van der Waals surface area contributed by atoms with Crippen LogP contribution in [0.25, 0.3) is 11.1 Å². The Morgan fingerprint density at radius 1 is 1.31 bits per heavy atom. The van der Waals surface area contributed by atoms with Gasteiger partial charge in [0.2, 0.25) is 0 Å². The smallest absolute Gasteiger partial charge is 0.0604 e. The molecule has 0 aliphatic heterocycles. The second-order valence-corrected chi connectivity index (χ2v) is 4.24. The molecule has 0 spiro atoms. The van der Waals surface area contributed by atoms with Crippen molar-refractivity contribution in [3.63, 3.8) is 0 Å². The summed E-state index contributed by atoms with van der Waals surface area (Å²) in [5, 5.41) is 16.0. The zero-order valence-electron chi connectivity index (χ0n) is 8.81. The van der Waals surface area contributed by atoms with E-state index in [0.29, 0.717) is 6.54 Å². The van der Waals surface area contributed by atoms with Crippen molar-refractivity contribution in [1.29, 1.82) is 0 Å². The van der Waals surface area contributed by atoms with Crippen LogP contribution in [0.15, 0.2) is 35.0 Å². The first kappa shape index (κ1) is 11.0. The maximum atomic E-state index is 8.75. The highest BCUT2D eigenvalue weighted by molar-refractivity contribution is 7.08. The fraction of sp³-hybridized carbons (Fsp3) is 0.167. The highest BCUT2D eigenvalue weighted by Crippen LogP contribution is 2.30. The average Bonchev–Trinajstić information content (AvgIpc) is 2.81. The van der Waals surface area contributed by atoms with Gasteiger partial charge < -0.3 is 16.2 Å². The van der Waals surface area contributed by atoms with Crippen molar-refractivity contribution < 1.29 is 5.11 Å². The van der Waals surface area contributed by atoms with Crippen molar-refractivity contribution in [3.05, 3.63) is 35.0 Å². The van der Waals surface area contributed by atoms with Crippen molar-refractivity contribution in [1.82, 2.24) is 0 Å². The van der Waals surface area contributed by atoms with E-state index in [0.717, 1.165) is 22.5 Å². The molecule has 1 heterocycles. The molecule has 0 aliphatic rings. The number of nitrogens with two attached hydrogens (primary N) is 1. The molecule has 0 aliphatic carbocycles. The third-order valence-corrected chi connectivity index (χ3v) is 3.01. The number of hydrogen-bond donors (Lipinski definition) is 3. The minimum absolute atomic E-state index is 0.123. The molecule has 0 saturated heterocycles. The van der Waals surface area contributed by atoms with Crippen molar-refractivity contribution in [2.75, 3.05) is 24.2 Å². The molecule has 3 nitrogen and oxygen atoms in total. The van der Waals surface area contributed by atoms with E-state index in [4.69, 9.17) is 10.8 Å². The van der Waals surface area contributed by atoms with E-state index in [1.165, 1.54) is 0 Å². The van der Waals surface area contributed by atoms with Gasteiger partial charge in [0.25, 0.3) is 0 Å². The summed E-state index contributed by atoms with van der Waals surface area (Å²) in [6.45, 7) is 0.672. The molecule has 1 aromatic heterocycles. The molecule has 0 unspecified atom stereocenters. The lowest BCUT2D eigenvalue weighted by Gasteiger charge is -2.09. The molecule has 0 bridgehead atoms. The Hall–Kier alpha value is -1.52. The van der Waals surface area contributed by atoms with Crippen LogP contribution < -0.4 is 11.1 Å². The SMILES string of the molecule is Nc1ccc(NCCO)cc1-c1ccsc1. The van der Waals surface area contributed by atoms with Crippen LogP contribution in [0.1, 0.15) is 0 Å². The molecule has 0 fully saturated rings. The number of thiophene rings is 1. The summed E-state index contributed by atoms with van der Waals surface area (Å²) in [5.74, 6) is 0. The summed E-state index contributed by atoms with van der Waals surface area (Å²) >= 11 is 1.65. The summed E-state index contributed by atoms with van der Waals surface area (Å²) in [4.78, 5) is 0. The Bertz CT molecular complexity index is 454. The van der Waals surface area contributed by atoms with Gasteiger partial charge in [-0.05, 0) is 40.6 Å². The van der Waals surface area contributed by atoms with Gasteiger partial charge in [0.1, 0.15) is 0 Å². The molecule has 0 amide bonds. The molecule has 0 atom stereocenters. The van der Waals surface area contributed by atoms with Gasteiger partial charge in [0, 0.05) is 23.5 Å². The molecule has 2 aromatic rings. The van der Waals surface area contributed by atoms with Crippen molar-refractivity contribution in [3.8, 4) is 11.1 Å². The molecule has 4 heteroatoms. The average molecular weight is 234 g/mol. The molecule has 0 radical (unpaired) electrons. The third kappa shape index (κ3) is 2.35. The summed E-state index contributed by atoms with van der Waals surface area (Å²) in [6, 6.07) is 7.85. The van der Waals surface area contributed by atoms with Crippen molar-refractivity contribution in [2.24, 2.45) is 0 Å². The van der Waals surface area contributed by atoms with E-state index in [2.05, 4.69) is 10.7 Å². The first-order chi connectivity index (χ1) is 7.81. The number of benzene rings is 1.